The van der Waals surface area contributed by atoms with Gasteiger partial charge in [0.05, 0.1) is 18.9 Å². The molecule has 118 valence electrons. The summed E-state index contributed by atoms with van der Waals surface area (Å²) < 4.78 is 33.9. The highest BCUT2D eigenvalue weighted by atomic mass is 31.2. The summed E-state index contributed by atoms with van der Waals surface area (Å²) in [6, 6.07) is 0. The Morgan fingerprint density at radius 2 is 2.19 bits per heavy atom. The zero-order valence-corrected chi connectivity index (χ0v) is 11.3. The molecule has 1 aliphatic heterocycles. The van der Waals surface area contributed by atoms with Crippen molar-refractivity contribution in [2.45, 2.75) is 24.9 Å². The highest BCUT2D eigenvalue weighted by Crippen LogP contribution is 2.38. The van der Waals surface area contributed by atoms with Gasteiger partial charge in [0.1, 0.15) is 12.3 Å². The first kappa shape index (κ1) is 16.0. The van der Waals surface area contributed by atoms with Crippen molar-refractivity contribution < 1.29 is 33.1 Å². The molecule has 1 saturated heterocycles. The topological polar surface area (TPSA) is 151 Å². The molecule has 3 atom stereocenters. The van der Waals surface area contributed by atoms with Gasteiger partial charge in [0.25, 0.3) is 5.56 Å². The standard InChI is InChI=1S/C9H12FN2O8P/c10-4-2-12(9(15)11-8(4)14)7-1-5(13)6(20-7)3-19-21(16,17)18/h2,5-7,13H,1,3H2,(H,11,14,15)(H2,16,17,18)/t5?,6-,7-/m0/s1. The average molecular weight is 326 g/mol. The molecule has 4 N–H and O–H groups in total. The number of H-pyrrole nitrogens is 1. The van der Waals surface area contributed by atoms with E-state index < -0.39 is 49.9 Å². The summed E-state index contributed by atoms with van der Waals surface area (Å²) in [5.41, 5.74) is -2.12. The Hall–Kier alpha value is -1.36. The molecule has 2 heterocycles. The van der Waals surface area contributed by atoms with E-state index in [0.29, 0.717) is 6.20 Å². The Labute approximate surface area is 116 Å². The molecule has 1 aromatic heterocycles. The van der Waals surface area contributed by atoms with Crippen LogP contribution in [0, 0.1) is 5.82 Å². The van der Waals surface area contributed by atoms with E-state index in [1.165, 1.54) is 0 Å². The number of halogens is 1. The van der Waals surface area contributed by atoms with Crippen LogP contribution in [0.4, 0.5) is 4.39 Å². The fraction of sp³-hybridized carbons (Fsp3) is 0.556. The number of hydrogen-bond acceptors (Lipinski definition) is 6. The van der Waals surface area contributed by atoms with Gasteiger partial charge in [-0.25, -0.2) is 9.36 Å². The van der Waals surface area contributed by atoms with Gasteiger partial charge in [-0.2, -0.15) is 4.39 Å². The minimum Gasteiger partial charge on any atom is -0.390 e. The molecule has 0 spiro atoms. The highest BCUT2D eigenvalue weighted by molar-refractivity contribution is 7.46. The van der Waals surface area contributed by atoms with Crippen LogP contribution in [0.2, 0.25) is 0 Å². The Morgan fingerprint density at radius 3 is 2.81 bits per heavy atom. The number of phosphoric ester groups is 1. The van der Waals surface area contributed by atoms with Crippen molar-refractivity contribution in [3.05, 3.63) is 32.9 Å². The summed E-state index contributed by atoms with van der Waals surface area (Å²) in [5.74, 6) is -1.21. The van der Waals surface area contributed by atoms with Crippen molar-refractivity contribution in [2.75, 3.05) is 6.61 Å². The van der Waals surface area contributed by atoms with Crippen LogP contribution in [0.15, 0.2) is 15.8 Å². The molecule has 0 aromatic carbocycles. The molecule has 1 unspecified atom stereocenters. The smallest absolute Gasteiger partial charge is 0.390 e. The Morgan fingerprint density at radius 1 is 1.52 bits per heavy atom. The lowest BCUT2D eigenvalue weighted by Crippen LogP contribution is -2.34. The van der Waals surface area contributed by atoms with Crippen molar-refractivity contribution in [1.29, 1.82) is 0 Å². The van der Waals surface area contributed by atoms with Crippen molar-refractivity contribution in [3.63, 3.8) is 0 Å². The third-order valence-corrected chi connectivity index (χ3v) is 3.33. The number of nitrogens with zero attached hydrogens (tertiary/aromatic N) is 1. The Balaban J connectivity index is 2.14. The van der Waals surface area contributed by atoms with Crippen LogP contribution in [-0.4, -0.2) is 43.3 Å². The highest BCUT2D eigenvalue weighted by Gasteiger charge is 2.37. The van der Waals surface area contributed by atoms with Crippen molar-refractivity contribution >= 4 is 7.82 Å². The number of aromatic amines is 1. The van der Waals surface area contributed by atoms with Gasteiger partial charge in [0, 0.05) is 6.42 Å². The lowest BCUT2D eigenvalue weighted by molar-refractivity contribution is -0.0453. The van der Waals surface area contributed by atoms with E-state index >= 15 is 0 Å². The van der Waals surface area contributed by atoms with Gasteiger partial charge in [-0.1, -0.05) is 0 Å². The molecular formula is C9H12FN2O8P. The van der Waals surface area contributed by atoms with Gasteiger partial charge >= 0.3 is 13.5 Å². The van der Waals surface area contributed by atoms with Crippen LogP contribution < -0.4 is 11.2 Å². The van der Waals surface area contributed by atoms with E-state index in [1.807, 2.05) is 0 Å². The summed E-state index contributed by atoms with van der Waals surface area (Å²) in [6.07, 6.45) is -2.89. The van der Waals surface area contributed by atoms with Crippen LogP contribution in [0.1, 0.15) is 12.6 Å². The lowest BCUT2D eigenvalue weighted by Gasteiger charge is -2.16. The minimum atomic E-state index is -4.73. The predicted octanol–water partition coefficient (Wildman–Crippen LogP) is -1.57. The number of phosphoric acid groups is 1. The fourth-order valence-corrected chi connectivity index (χ4v) is 2.22. The van der Waals surface area contributed by atoms with E-state index in [1.54, 1.807) is 4.98 Å². The van der Waals surface area contributed by atoms with Crippen molar-refractivity contribution in [1.82, 2.24) is 9.55 Å². The molecule has 0 bridgehead atoms. The van der Waals surface area contributed by atoms with Crippen LogP contribution in [0.3, 0.4) is 0 Å². The van der Waals surface area contributed by atoms with Gasteiger partial charge in [0.2, 0.25) is 5.82 Å². The third kappa shape index (κ3) is 3.84. The van der Waals surface area contributed by atoms with E-state index in [2.05, 4.69) is 4.52 Å². The second-order valence-corrected chi connectivity index (χ2v) is 5.60. The van der Waals surface area contributed by atoms with Crippen molar-refractivity contribution in [2.24, 2.45) is 0 Å². The predicted molar refractivity (Wildman–Crippen MR) is 63.8 cm³/mol. The molecule has 1 fully saturated rings. The first-order valence-corrected chi connectivity index (χ1v) is 7.25. The van der Waals surface area contributed by atoms with E-state index in [0.717, 1.165) is 4.57 Å². The molecule has 0 amide bonds. The number of hydrogen-bond donors (Lipinski definition) is 4. The van der Waals surface area contributed by atoms with Crippen molar-refractivity contribution in [3.8, 4) is 0 Å². The van der Waals surface area contributed by atoms with E-state index in [-0.39, 0.29) is 6.42 Å². The molecular weight excluding hydrogens is 314 g/mol. The number of aliphatic hydroxyl groups is 1. The maximum atomic E-state index is 13.2. The zero-order valence-electron chi connectivity index (χ0n) is 10.4. The minimum absolute atomic E-state index is 0.138. The number of rotatable bonds is 4. The van der Waals surface area contributed by atoms with E-state index in [9.17, 15) is 23.7 Å². The van der Waals surface area contributed by atoms with E-state index in [4.69, 9.17) is 14.5 Å². The average Bonchev–Trinajstić information content (AvgIpc) is 2.72. The Kier molecular flexibility index (Phi) is 4.42. The maximum Gasteiger partial charge on any atom is 0.469 e. The van der Waals surface area contributed by atoms with Crippen LogP contribution >= 0.6 is 7.82 Å². The summed E-state index contributed by atoms with van der Waals surface area (Å²) in [6.45, 7) is -0.609. The van der Waals surface area contributed by atoms with Gasteiger partial charge in [-0.3, -0.25) is 18.9 Å². The number of aromatic nitrogens is 2. The SMILES string of the molecule is O=c1[nH]c(=O)n([C@@H]2CC(O)[C@H](COP(=O)(O)O)O2)cc1F. The largest absolute Gasteiger partial charge is 0.469 e. The second-order valence-electron chi connectivity index (χ2n) is 4.36. The number of nitrogens with one attached hydrogen (secondary N) is 1. The normalized spacial score (nSPS) is 26.2. The van der Waals surface area contributed by atoms with Crippen LogP contribution in [0.25, 0.3) is 0 Å². The number of aliphatic hydroxyl groups excluding tert-OH is 1. The molecule has 0 saturated carbocycles. The van der Waals surface area contributed by atoms with Gasteiger partial charge < -0.3 is 19.6 Å². The molecule has 0 radical (unpaired) electrons. The molecule has 12 heteroatoms. The number of ether oxygens (including phenoxy) is 1. The fourth-order valence-electron chi connectivity index (χ4n) is 1.88. The second kappa shape index (κ2) is 5.79. The molecule has 1 aromatic rings. The molecule has 2 rings (SSSR count). The van der Waals surface area contributed by atoms with Gasteiger partial charge in [-0.05, 0) is 0 Å². The van der Waals surface area contributed by atoms with Crippen LogP contribution in [-0.2, 0) is 13.8 Å². The first-order valence-electron chi connectivity index (χ1n) is 5.72. The third-order valence-electron chi connectivity index (χ3n) is 2.85. The monoisotopic (exact) mass is 326 g/mol. The van der Waals surface area contributed by atoms with Gasteiger partial charge in [0.15, 0.2) is 0 Å². The first-order chi connectivity index (χ1) is 9.67. The maximum absolute atomic E-state index is 13.2. The Bertz CT molecular complexity index is 681. The quantitative estimate of drug-likeness (QED) is 0.485. The summed E-state index contributed by atoms with van der Waals surface area (Å²) in [4.78, 5) is 41.3. The zero-order chi connectivity index (χ0) is 15.8. The molecule has 1 aliphatic rings. The summed E-state index contributed by atoms with van der Waals surface area (Å²) in [7, 11) is -4.73. The molecule has 10 nitrogen and oxygen atoms in total. The van der Waals surface area contributed by atoms with Crippen LogP contribution in [0.5, 0.6) is 0 Å². The van der Waals surface area contributed by atoms with Gasteiger partial charge in [-0.15, -0.1) is 0 Å². The summed E-state index contributed by atoms with van der Waals surface area (Å²) in [5, 5.41) is 9.69. The summed E-state index contributed by atoms with van der Waals surface area (Å²) >= 11 is 0. The molecule has 21 heavy (non-hydrogen) atoms. The molecule has 0 aliphatic carbocycles. The lowest BCUT2D eigenvalue weighted by atomic mass is 10.2.